The van der Waals surface area contributed by atoms with Crippen LogP contribution in [0.3, 0.4) is 0 Å². The van der Waals surface area contributed by atoms with Gasteiger partial charge in [0.2, 0.25) is 0 Å². The van der Waals surface area contributed by atoms with E-state index in [4.69, 9.17) is 0 Å². The number of hydrogen-bond donors (Lipinski definition) is 2. The first-order chi connectivity index (χ1) is 6.70. The number of rotatable bonds is 9. The molecule has 0 saturated heterocycles. The van der Waals surface area contributed by atoms with Crippen molar-refractivity contribution in [3.63, 3.8) is 0 Å². The van der Waals surface area contributed by atoms with Gasteiger partial charge in [-0.2, -0.15) is 0 Å². The number of hydrogen-bond acceptors (Lipinski definition) is 3. The summed E-state index contributed by atoms with van der Waals surface area (Å²) in [7, 11) is 6.27. The monoisotopic (exact) mass is 201 g/mol. The lowest BCUT2D eigenvalue weighted by Crippen LogP contribution is -2.32. The number of nitrogens with zero attached hydrogens (tertiary/aromatic N) is 1. The molecule has 14 heavy (non-hydrogen) atoms. The van der Waals surface area contributed by atoms with Crippen LogP contribution in [0.25, 0.3) is 0 Å². The van der Waals surface area contributed by atoms with E-state index in [2.05, 4.69) is 43.6 Å². The summed E-state index contributed by atoms with van der Waals surface area (Å²) in [5, 5.41) is 6.81. The van der Waals surface area contributed by atoms with Crippen LogP contribution in [0.4, 0.5) is 0 Å². The van der Waals surface area contributed by atoms with E-state index in [1.165, 1.54) is 19.3 Å². The van der Waals surface area contributed by atoms with Crippen LogP contribution in [0.1, 0.15) is 26.2 Å². The average Bonchev–Trinajstić information content (AvgIpc) is 2.15. The third-order valence-corrected chi connectivity index (χ3v) is 2.45. The highest BCUT2D eigenvalue weighted by Gasteiger charge is 2.02. The molecule has 1 unspecified atom stereocenters. The van der Waals surface area contributed by atoms with E-state index in [1.807, 2.05) is 0 Å². The molecule has 0 aromatic heterocycles. The molecule has 0 spiro atoms. The predicted molar refractivity (Wildman–Crippen MR) is 63.8 cm³/mol. The van der Waals surface area contributed by atoms with Gasteiger partial charge in [0.25, 0.3) is 0 Å². The highest BCUT2D eigenvalue weighted by atomic mass is 15.1. The van der Waals surface area contributed by atoms with Gasteiger partial charge in [-0.1, -0.05) is 13.3 Å². The molecule has 1 atom stereocenters. The Balaban J connectivity index is 3.24. The van der Waals surface area contributed by atoms with Gasteiger partial charge in [-0.15, -0.1) is 0 Å². The molecule has 0 aromatic rings. The topological polar surface area (TPSA) is 27.3 Å². The van der Waals surface area contributed by atoms with Crippen molar-refractivity contribution in [1.82, 2.24) is 15.5 Å². The molecule has 3 heteroatoms. The third kappa shape index (κ3) is 8.48. The smallest absolute Gasteiger partial charge is 0.0101 e. The van der Waals surface area contributed by atoms with Crippen molar-refractivity contribution in [1.29, 1.82) is 0 Å². The summed E-state index contributed by atoms with van der Waals surface area (Å²) >= 11 is 0. The molecule has 86 valence electrons. The lowest BCUT2D eigenvalue weighted by Gasteiger charge is -2.16. The maximum Gasteiger partial charge on any atom is 0.0101 e. The molecule has 0 aliphatic rings. The Bertz CT molecular complexity index is 115. The second-order valence-electron chi connectivity index (χ2n) is 4.12. The maximum atomic E-state index is 3.46. The quantitative estimate of drug-likeness (QED) is 0.543. The fraction of sp³-hybridized carbons (Fsp3) is 1.00. The SMILES string of the molecule is CCCC(CCNCCN(C)C)NC. The van der Waals surface area contributed by atoms with Gasteiger partial charge in [0.1, 0.15) is 0 Å². The summed E-state index contributed by atoms with van der Waals surface area (Å²) in [5.74, 6) is 0. The van der Waals surface area contributed by atoms with Crippen molar-refractivity contribution in [2.75, 3.05) is 40.8 Å². The Labute approximate surface area is 89.2 Å². The largest absolute Gasteiger partial charge is 0.317 e. The molecule has 0 aromatic carbocycles. The third-order valence-electron chi connectivity index (χ3n) is 2.45. The molecule has 0 radical (unpaired) electrons. The first-order valence-corrected chi connectivity index (χ1v) is 5.73. The van der Waals surface area contributed by atoms with Crippen molar-refractivity contribution < 1.29 is 0 Å². The Morgan fingerprint density at radius 3 is 2.36 bits per heavy atom. The summed E-state index contributed by atoms with van der Waals surface area (Å²) in [6, 6.07) is 0.687. The zero-order chi connectivity index (χ0) is 10.8. The first-order valence-electron chi connectivity index (χ1n) is 5.73. The van der Waals surface area contributed by atoms with Gasteiger partial charge in [0.15, 0.2) is 0 Å². The summed E-state index contributed by atoms with van der Waals surface area (Å²) in [5.41, 5.74) is 0. The average molecular weight is 201 g/mol. The van der Waals surface area contributed by atoms with Crippen molar-refractivity contribution in [3.05, 3.63) is 0 Å². The lowest BCUT2D eigenvalue weighted by atomic mass is 10.1. The summed E-state index contributed by atoms with van der Waals surface area (Å²) < 4.78 is 0. The molecule has 0 rings (SSSR count). The Morgan fingerprint density at radius 2 is 1.86 bits per heavy atom. The summed E-state index contributed by atoms with van der Waals surface area (Å²) in [6.45, 7) is 5.58. The maximum absolute atomic E-state index is 3.46. The van der Waals surface area contributed by atoms with Crippen LogP contribution >= 0.6 is 0 Å². The number of nitrogens with one attached hydrogen (secondary N) is 2. The molecule has 0 aliphatic heterocycles. The molecule has 0 heterocycles. The van der Waals surface area contributed by atoms with E-state index in [0.717, 1.165) is 19.6 Å². The van der Waals surface area contributed by atoms with Crippen molar-refractivity contribution in [3.8, 4) is 0 Å². The molecule has 0 aliphatic carbocycles. The van der Waals surface area contributed by atoms with Gasteiger partial charge in [0, 0.05) is 19.1 Å². The zero-order valence-electron chi connectivity index (χ0n) is 10.3. The summed E-state index contributed by atoms with van der Waals surface area (Å²) in [4.78, 5) is 2.20. The molecule has 0 fully saturated rings. The Kier molecular flexibility index (Phi) is 9.35. The normalized spacial score (nSPS) is 13.5. The molecule has 2 N–H and O–H groups in total. The van der Waals surface area contributed by atoms with E-state index in [0.29, 0.717) is 6.04 Å². The van der Waals surface area contributed by atoms with Crippen molar-refractivity contribution in [2.45, 2.75) is 32.2 Å². The Hall–Kier alpha value is -0.120. The van der Waals surface area contributed by atoms with Gasteiger partial charge >= 0.3 is 0 Å². The molecular formula is C11H27N3. The minimum absolute atomic E-state index is 0.687. The molecular weight excluding hydrogens is 174 g/mol. The predicted octanol–water partition coefficient (Wildman–Crippen LogP) is 0.916. The summed E-state index contributed by atoms with van der Waals surface area (Å²) in [6.07, 6.45) is 3.78. The zero-order valence-corrected chi connectivity index (χ0v) is 10.3. The fourth-order valence-corrected chi connectivity index (χ4v) is 1.49. The van der Waals surface area contributed by atoms with Crippen LogP contribution in [-0.4, -0.2) is 51.7 Å². The fourth-order valence-electron chi connectivity index (χ4n) is 1.49. The molecule has 3 nitrogen and oxygen atoms in total. The van der Waals surface area contributed by atoms with Gasteiger partial charge < -0.3 is 15.5 Å². The number of likely N-dealkylation sites (N-methyl/N-ethyl adjacent to an activating group) is 1. The standard InChI is InChI=1S/C11H27N3/c1-5-6-11(12-2)7-8-13-9-10-14(3)4/h11-13H,5-10H2,1-4H3. The van der Waals surface area contributed by atoms with Crippen LogP contribution in [0.2, 0.25) is 0 Å². The van der Waals surface area contributed by atoms with Gasteiger partial charge in [-0.25, -0.2) is 0 Å². The van der Waals surface area contributed by atoms with E-state index in [1.54, 1.807) is 0 Å². The van der Waals surface area contributed by atoms with Gasteiger partial charge in [0.05, 0.1) is 0 Å². The highest BCUT2D eigenvalue weighted by molar-refractivity contribution is 4.65. The van der Waals surface area contributed by atoms with E-state index < -0.39 is 0 Å². The second kappa shape index (κ2) is 9.44. The van der Waals surface area contributed by atoms with Gasteiger partial charge in [-0.3, -0.25) is 0 Å². The minimum Gasteiger partial charge on any atom is -0.317 e. The van der Waals surface area contributed by atoms with Crippen LogP contribution in [-0.2, 0) is 0 Å². The second-order valence-corrected chi connectivity index (χ2v) is 4.12. The van der Waals surface area contributed by atoms with E-state index in [-0.39, 0.29) is 0 Å². The highest BCUT2D eigenvalue weighted by Crippen LogP contribution is 1.99. The molecule has 0 bridgehead atoms. The van der Waals surface area contributed by atoms with Crippen molar-refractivity contribution in [2.24, 2.45) is 0 Å². The van der Waals surface area contributed by atoms with E-state index >= 15 is 0 Å². The minimum atomic E-state index is 0.687. The molecule has 0 saturated carbocycles. The van der Waals surface area contributed by atoms with Crippen LogP contribution in [0.15, 0.2) is 0 Å². The lowest BCUT2D eigenvalue weighted by molar-refractivity contribution is 0.392. The van der Waals surface area contributed by atoms with E-state index in [9.17, 15) is 0 Å². The Morgan fingerprint density at radius 1 is 1.14 bits per heavy atom. The van der Waals surface area contributed by atoms with Crippen molar-refractivity contribution >= 4 is 0 Å². The first kappa shape index (κ1) is 13.9. The molecule has 0 amide bonds. The van der Waals surface area contributed by atoms with Crippen LogP contribution in [0, 0.1) is 0 Å². The van der Waals surface area contributed by atoms with Gasteiger partial charge in [-0.05, 0) is 40.5 Å². The van der Waals surface area contributed by atoms with Crippen LogP contribution in [0.5, 0.6) is 0 Å². The van der Waals surface area contributed by atoms with Crippen LogP contribution < -0.4 is 10.6 Å².